The summed E-state index contributed by atoms with van der Waals surface area (Å²) in [6, 6.07) is 10.5. The number of nitrogens with zero attached hydrogens (tertiary/aromatic N) is 1. The second-order valence-electron chi connectivity index (χ2n) is 4.67. The van der Waals surface area contributed by atoms with Crippen LogP contribution in [-0.4, -0.2) is 5.71 Å². The maximum atomic E-state index is 4.71. The van der Waals surface area contributed by atoms with Crippen LogP contribution < -0.4 is 0 Å². The van der Waals surface area contributed by atoms with Crippen molar-refractivity contribution >= 4 is 5.71 Å². The normalized spacial score (nSPS) is 21.8. The van der Waals surface area contributed by atoms with E-state index in [-0.39, 0.29) is 5.41 Å². The Hall–Kier alpha value is -1.37. The van der Waals surface area contributed by atoms with Gasteiger partial charge in [0.15, 0.2) is 0 Å². The molecule has 1 heterocycles. The Bertz CT molecular complexity index is 410. The van der Waals surface area contributed by atoms with Crippen molar-refractivity contribution in [3.63, 3.8) is 0 Å². The zero-order valence-corrected chi connectivity index (χ0v) is 9.62. The van der Waals surface area contributed by atoms with Gasteiger partial charge in [0, 0.05) is 17.5 Å². The molecule has 0 unspecified atom stereocenters. The molecule has 78 valence electrons. The predicted octanol–water partition coefficient (Wildman–Crippen LogP) is 3.81. The van der Waals surface area contributed by atoms with Crippen molar-refractivity contribution in [1.29, 1.82) is 0 Å². The van der Waals surface area contributed by atoms with Gasteiger partial charge in [-0.2, -0.15) is 0 Å². The smallest absolute Gasteiger partial charge is 0.0539 e. The lowest BCUT2D eigenvalue weighted by Gasteiger charge is -2.19. The SMILES string of the molecule is C/C=C1/CC(C)(C)C(c2ccccc2)=N1. The molecule has 0 aromatic heterocycles. The van der Waals surface area contributed by atoms with Gasteiger partial charge in [-0.15, -0.1) is 0 Å². The van der Waals surface area contributed by atoms with Crippen molar-refractivity contribution in [2.45, 2.75) is 27.2 Å². The largest absolute Gasteiger partial charge is 0.257 e. The van der Waals surface area contributed by atoms with Gasteiger partial charge < -0.3 is 0 Å². The Morgan fingerprint density at radius 1 is 1.20 bits per heavy atom. The third kappa shape index (κ3) is 1.87. The molecule has 1 aliphatic heterocycles. The third-order valence-corrected chi connectivity index (χ3v) is 2.90. The van der Waals surface area contributed by atoms with Crippen LogP contribution in [0.5, 0.6) is 0 Å². The summed E-state index contributed by atoms with van der Waals surface area (Å²) in [7, 11) is 0. The van der Waals surface area contributed by atoms with Crippen molar-refractivity contribution in [2.24, 2.45) is 10.4 Å². The zero-order valence-electron chi connectivity index (χ0n) is 9.62. The summed E-state index contributed by atoms with van der Waals surface area (Å²) in [6.07, 6.45) is 3.16. The maximum Gasteiger partial charge on any atom is 0.0539 e. The molecule has 0 radical (unpaired) electrons. The quantitative estimate of drug-likeness (QED) is 0.652. The Labute approximate surface area is 91.6 Å². The lowest BCUT2D eigenvalue weighted by molar-refractivity contribution is 0.542. The van der Waals surface area contributed by atoms with E-state index in [2.05, 4.69) is 51.1 Å². The fourth-order valence-corrected chi connectivity index (χ4v) is 2.09. The highest BCUT2D eigenvalue weighted by Gasteiger charge is 2.32. The molecular weight excluding hydrogens is 182 g/mol. The highest BCUT2D eigenvalue weighted by molar-refractivity contribution is 6.06. The Morgan fingerprint density at radius 3 is 2.40 bits per heavy atom. The van der Waals surface area contributed by atoms with Crippen LogP contribution in [0.4, 0.5) is 0 Å². The first-order valence-corrected chi connectivity index (χ1v) is 5.43. The highest BCUT2D eigenvalue weighted by atomic mass is 14.8. The van der Waals surface area contributed by atoms with E-state index in [0.29, 0.717) is 0 Å². The van der Waals surface area contributed by atoms with Crippen molar-refractivity contribution in [3.8, 4) is 0 Å². The molecule has 0 saturated carbocycles. The van der Waals surface area contributed by atoms with E-state index in [0.717, 1.165) is 6.42 Å². The molecule has 0 spiro atoms. The van der Waals surface area contributed by atoms with E-state index < -0.39 is 0 Å². The van der Waals surface area contributed by atoms with E-state index in [9.17, 15) is 0 Å². The average molecular weight is 199 g/mol. The van der Waals surface area contributed by atoms with E-state index >= 15 is 0 Å². The van der Waals surface area contributed by atoms with Gasteiger partial charge >= 0.3 is 0 Å². The number of benzene rings is 1. The van der Waals surface area contributed by atoms with Gasteiger partial charge in [-0.05, 0) is 12.5 Å². The molecule has 0 fully saturated rings. The summed E-state index contributed by atoms with van der Waals surface area (Å²) in [5.41, 5.74) is 3.85. The van der Waals surface area contributed by atoms with Gasteiger partial charge in [-0.25, -0.2) is 0 Å². The van der Waals surface area contributed by atoms with Crippen LogP contribution in [0.3, 0.4) is 0 Å². The molecule has 1 aliphatic rings. The van der Waals surface area contributed by atoms with E-state index in [4.69, 9.17) is 4.99 Å². The molecule has 0 bridgehead atoms. The van der Waals surface area contributed by atoms with Gasteiger partial charge in [-0.1, -0.05) is 50.3 Å². The molecule has 0 atom stereocenters. The number of allylic oxidation sites excluding steroid dienone is 2. The van der Waals surface area contributed by atoms with Gasteiger partial charge in [0.05, 0.1) is 5.71 Å². The first kappa shape index (κ1) is 10.2. The van der Waals surface area contributed by atoms with Crippen molar-refractivity contribution in [2.75, 3.05) is 0 Å². The van der Waals surface area contributed by atoms with Gasteiger partial charge in [0.1, 0.15) is 0 Å². The second-order valence-corrected chi connectivity index (χ2v) is 4.67. The van der Waals surface area contributed by atoms with Crippen LogP contribution in [0.15, 0.2) is 47.1 Å². The molecule has 1 nitrogen and oxygen atoms in total. The van der Waals surface area contributed by atoms with Crippen LogP contribution in [0, 0.1) is 5.41 Å². The standard InChI is InChI=1S/C14H17N/c1-4-12-10-14(2,3)13(15-12)11-8-6-5-7-9-11/h4-9H,10H2,1-3H3/b12-4-. The Morgan fingerprint density at radius 2 is 1.87 bits per heavy atom. The van der Waals surface area contributed by atoms with Gasteiger partial charge in [0.2, 0.25) is 0 Å². The highest BCUT2D eigenvalue weighted by Crippen LogP contribution is 2.37. The summed E-state index contributed by atoms with van der Waals surface area (Å²) in [4.78, 5) is 4.71. The van der Waals surface area contributed by atoms with Crippen molar-refractivity contribution in [1.82, 2.24) is 0 Å². The predicted molar refractivity (Wildman–Crippen MR) is 65.1 cm³/mol. The minimum atomic E-state index is 0.170. The molecule has 0 saturated heterocycles. The van der Waals surface area contributed by atoms with E-state index in [1.54, 1.807) is 0 Å². The minimum absolute atomic E-state index is 0.170. The first-order valence-electron chi connectivity index (χ1n) is 5.43. The number of aliphatic imine (C=N–C) groups is 1. The van der Waals surface area contributed by atoms with Crippen LogP contribution in [0.2, 0.25) is 0 Å². The van der Waals surface area contributed by atoms with E-state index in [1.165, 1.54) is 17.0 Å². The lowest BCUT2D eigenvalue weighted by Crippen LogP contribution is -2.20. The van der Waals surface area contributed by atoms with Crippen LogP contribution in [-0.2, 0) is 0 Å². The Balaban J connectivity index is 2.45. The zero-order chi connectivity index (χ0) is 10.9. The molecular formula is C14H17N. The molecule has 0 aliphatic carbocycles. The molecule has 1 aromatic carbocycles. The lowest BCUT2D eigenvalue weighted by atomic mass is 9.82. The molecule has 1 heteroatoms. The molecule has 15 heavy (non-hydrogen) atoms. The fraction of sp³-hybridized carbons (Fsp3) is 0.357. The molecule has 2 rings (SSSR count). The van der Waals surface area contributed by atoms with Gasteiger partial charge in [-0.3, -0.25) is 4.99 Å². The Kier molecular flexibility index (Phi) is 2.47. The van der Waals surface area contributed by atoms with Gasteiger partial charge in [0.25, 0.3) is 0 Å². The number of hydrogen-bond acceptors (Lipinski definition) is 1. The minimum Gasteiger partial charge on any atom is -0.257 e. The van der Waals surface area contributed by atoms with Crippen LogP contribution in [0.1, 0.15) is 32.8 Å². The van der Waals surface area contributed by atoms with Crippen LogP contribution >= 0.6 is 0 Å². The average Bonchev–Trinajstić information content (AvgIpc) is 2.55. The molecule has 0 N–H and O–H groups in total. The van der Waals surface area contributed by atoms with Crippen LogP contribution in [0.25, 0.3) is 0 Å². The number of rotatable bonds is 1. The topological polar surface area (TPSA) is 12.4 Å². The molecule has 1 aromatic rings. The summed E-state index contributed by atoms with van der Waals surface area (Å²) in [6.45, 7) is 6.58. The summed E-state index contributed by atoms with van der Waals surface area (Å²) >= 11 is 0. The monoisotopic (exact) mass is 199 g/mol. The number of hydrogen-bond donors (Lipinski definition) is 0. The third-order valence-electron chi connectivity index (χ3n) is 2.90. The second kappa shape index (κ2) is 3.65. The summed E-state index contributed by atoms with van der Waals surface area (Å²) < 4.78 is 0. The van der Waals surface area contributed by atoms with E-state index in [1.807, 2.05) is 6.07 Å². The summed E-state index contributed by atoms with van der Waals surface area (Å²) in [5, 5.41) is 0. The molecule has 0 amide bonds. The van der Waals surface area contributed by atoms with Crippen molar-refractivity contribution in [3.05, 3.63) is 47.7 Å². The maximum absolute atomic E-state index is 4.71. The first-order chi connectivity index (χ1) is 7.13. The fourth-order valence-electron chi connectivity index (χ4n) is 2.09. The summed E-state index contributed by atoms with van der Waals surface area (Å²) in [5.74, 6) is 0. The van der Waals surface area contributed by atoms with Crippen molar-refractivity contribution < 1.29 is 0 Å².